The SMILES string of the molecule is Nc1c(F)c(NCCCn2cnc3ccccc32)c2c3c1c(=O)c(C(=O)O)cn3C1(CCCC1)CO2. The van der Waals surface area contributed by atoms with Crippen molar-refractivity contribution in [1.82, 2.24) is 14.1 Å². The number of nitrogens with one attached hydrogen (secondary N) is 1. The molecule has 2 aromatic heterocycles. The molecule has 2 aromatic carbocycles. The second-order valence-corrected chi connectivity index (χ2v) is 9.63. The van der Waals surface area contributed by atoms with Gasteiger partial charge in [0.05, 0.1) is 39.5 Å². The molecular formula is C26H26FN5O4. The minimum Gasteiger partial charge on any atom is -0.487 e. The number of pyridine rings is 1. The zero-order chi connectivity index (χ0) is 25.0. The molecule has 10 heteroatoms. The Balaban J connectivity index is 1.39. The molecule has 1 spiro atoms. The molecule has 3 heterocycles. The molecule has 1 aliphatic heterocycles. The molecule has 1 saturated carbocycles. The van der Waals surface area contributed by atoms with Crippen LogP contribution in [0.2, 0.25) is 0 Å². The van der Waals surface area contributed by atoms with Crippen LogP contribution in [0.4, 0.5) is 15.8 Å². The summed E-state index contributed by atoms with van der Waals surface area (Å²) < 4.78 is 25.5. The van der Waals surface area contributed by atoms with Crippen LogP contribution in [0.1, 0.15) is 42.5 Å². The summed E-state index contributed by atoms with van der Waals surface area (Å²) in [6, 6.07) is 7.85. The average Bonchev–Trinajstić information content (AvgIpc) is 3.51. The van der Waals surface area contributed by atoms with Gasteiger partial charge in [-0.2, -0.15) is 0 Å². The highest BCUT2D eigenvalue weighted by Gasteiger charge is 2.43. The van der Waals surface area contributed by atoms with Crippen molar-refractivity contribution in [3.05, 3.63) is 58.4 Å². The van der Waals surface area contributed by atoms with Gasteiger partial charge in [-0.15, -0.1) is 0 Å². The van der Waals surface area contributed by atoms with Gasteiger partial charge < -0.3 is 30.0 Å². The topological polar surface area (TPSA) is 124 Å². The maximum absolute atomic E-state index is 15.5. The van der Waals surface area contributed by atoms with E-state index >= 15 is 4.39 Å². The summed E-state index contributed by atoms with van der Waals surface area (Å²) in [6.45, 7) is 1.37. The van der Waals surface area contributed by atoms with Crippen molar-refractivity contribution in [3.63, 3.8) is 0 Å². The van der Waals surface area contributed by atoms with Crippen LogP contribution in [0.3, 0.4) is 0 Å². The fourth-order valence-corrected chi connectivity index (χ4v) is 5.72. The Labute approximate surface area is 205 Å². The van der Waals surface area contributed by atoms with E-state index in [2.05, 4.69) is 10.3 Å². The van der Waals surface area contributed by atoms with Crippen LogP contribution < -0.4 is 21.2 Å². The zero-order valence-electron chi connectivity index (χ0n) is 19.6. The Morgan fingerprint density at radius 2 is 2.06 bits per heavy atom. The number of carboxylic acids is 1. The van der Waals surface area contributed by atoms with Gasteiger partial charge in [0, 0.05) is 19.3 Å². The van der Waals surface area contributed by atoms with Crippen molar-refractivity contribution in [2.45, 2.75) is 44.2 Å². The van der Waals surface area contributed by atoms with Gasteiger partial charge in [-0.25, -0.2) is 14.2 Å². The minimum atomic E-state index is -1.36. The number of hydrogen-bond acceptors (Lipinski definition) is 6. The molecule has 0 radical (unpaired) electrons. The standard InChI is InChI=1S/C26H26FN5O4/c27-19-20(28)18-22-24(21(19)29-10-5-11-31-14-30-16-6-1-2-7-17(16)31)36-13-26(8-3-4-9-26)32(22)12-15(23(18)33)25(34)35/h1-2,6-7,12,14,29H,3-5,8-11,13,28H2,(H,34,35). The van der Waals surface area contributed by atoms with E-state index in [9.17, 15) is 14.7 Å². The first-order valence-corrected chi connectivity index (χ1v) is 12.1. The first kappa shape index (κ1) is 22.4. The van der Waals surface area contributed by atoms with Crippen LogP contribution in [-0.2, 0) is 12.1 Å². The largest absolute Gasteiger partial charge is 0.487 e. The van der Waals surface area contributed by atoms with Crippen LogP contribution >= 0.6 is 0 Å². The molecular weight excluding hydrogens is 465 g/mol. The molecule has 1 aliphatic carbocycles. The Hall–Kier alpha value is -4.08. The monoisotopic (exact) mass is 491 g/mol. The summed E-state index contributed by atoms with van der Waals surface area (Å²) >= 11 is 0. The molecule has 186 valence electrons. The highest BCUT2D eigenvalue weighted by Crippen LogP contribution is 2.48. The molecule has 4 aromatic rings. The van der Waals surface area contributed by atoms with E-state index in [1.54, 1.807) is 6.33 Å². The van der Waals surface area contributed by atoms with Gasteiger partial charge in [-0.05, 0) is 31.4 Å². The lowest BCUT2D eigenvalue weighted by Crippen LogP contribution is -2.42. The average molecular weight is 492 g/mol. The number of fused-ring (bicyclic) bond motifs is 2. The second kappa shape index (κ2) is 8.25. The quantitative estimate of drug-likeness (QED) is 0.276. The fraction of sp³-hybridized carbons (Fsp3) is 0.346. The van der Waals surface area contributed by atoms with E-state index in [0.717, 1.165) is 36.7 Å². The van der Waals surface area contributed by atoms with Gasteiger partial charge >= 0.3 is 5.97 Å². The molecule has 0 saturated heterocycles. The highest BCUT2D eigenvalue weighted by atomic mass is 19.1. The molecule has 0 unspecified atom stereocenters. The molecule has 0 bridgehead atoms. The third-order valence-corrected chi connectivity index (χ3v) is 7.54. The molecule has 1 fully saturated rings. The molecule has 36 heavy (non-hydrogen) atoms. The van der Waals surface area contributed by atoms with Gasteiger partial charge in [0.25, 0.3) is 0 Å². The Bertz CT molecular complexity index is 1590. The number of benzene rings is 2. The number of anilines is 2. The first-order valence-electron chi connectivity index (χ1n) is 12.1. The summed E-state index contributed by atoms with van der Waals surface area (Å²) in [4.78, 5) is 29.3. The van der Waals surface area contributed by atoms with Crippen LogP contribution in [-0.4, -0.2) is 38.3 Å². The lowest BCUT2D eigenvalue weighted by atomic mass is 9.93. The minimum absolute atomic E-state index is 0.0968. The van der Waals surface area contributed by atoms with Gasteiger partial charge in [-0.3, -0.25) is 4.79 Å². The number of hydrogen-bond donors (Lipinski definition) is 3. The van der Waals surface area contributed by atoms with Crippen molar-refractivity contribution in [1.29, 1.82) is 0 Å². The van der Waals surface area contributed by atoms with Crippen LogP contribution in [0.15, 0.2) is 41.6 Å². The number of halogens is 1. The van der Waals surface area contributed by atoms with Crippen LogP contribution in [0.5, 0.6) is 5.75 Å². The molecule has 0 amide bonds. The van der Waals surface area contributed by atoms with Crippen molar-refractivity contribution < 1.29 is 19.0 Å². The third-order valence-electron chi connectivity index (χ3n) is 7.54. The van der Waals surface area contributed by atoms with E-state index in [-0.39, 0.29) is 29.1 Å². The number of nitrogens with zero attached hydrogens (tertiary/aromatic N) is 3. The highest BCUT2D eigenvalue weighted by molar-refractivity contribution is 6.03. The van der Waals surface area contributed by atoms with Gasteiger partial charge in [0.15, 0.2) is 11.6 Å². The van der Waals surface area contributed by atoms with Crippen molar-refractivity contribution in [2.75, 3.05) is 24.2 Å². The summed E-state index contributed by atoms with van der Waals surface area (Å²) in [6.07, 6.45) is 7.32. The number of ether oxygens (including phenoxy) is 1. The van der Waals surface area contributed by atoms with Gasteiger partial charge in [0.2, 0.25) is 5.43 Å². The van der Waals surface area contributed by atoms with E-state index in [0.29, 0.717) is 25.0 Å². The Morgan fingerprint density at radius 3 is 2.83 bits per heavy atom. The first-order chi connectivity index (χ1) is 17.4. The number of nitrogens with two attached hydrogens (primary N) is 1. The van der Waals surface area contributed by atoms with Crippen molar-refractivity contribution in [3.8, 4) is 5.75 Å². The number of para-hydroxylation sites is 2. The van der Waals surface area contributed by atoms with Gasteiger partial charge in [-0.1, -0.05) is 25.0 Å². The predicted molar refractivity (Wildman–Crippen MR) is 134 cm³/mol. The van der Waals surface area contributed by atoms with Gasteiger partial charge in [0.1, 0.15) is 17.9 Å². The Kier molecular flexibility index (Phi) is 5.13. The summed E-state index contributed by atoms with van der Waals surface area (Å²) in [7, 11) is 0. The normalized spacial score (nSPS) is 16.0. The molecule has 0 atom stereocenters. The number of imidazole rings is 1. The zero-order valence-corrected chi connectivity index (χ0v) is 19.6. The van der Waals surface area contributed by atoms with E-state index in [1.165, 1.54) is 6.20 Å². The number of nitrogen functional groups attached to an aromatic ring is 1. The maximum Gasteiger partial charge on any atom is 0.341 e. The van der Waals surface area contributed by atoms with Crippen LogP contribution in [0, 0.1) is 5.82 Å². The number of rotatable bonds is 6. The number of aryl methyl sites for hydroxylation is 1. The fourth-order valence-electron chi connectivity index (χ4n) is 5.72. The summed E-state index contributed by atoms with van der Waals surface area (Å²) in [5.74, 6) is -1.96. The van der Waals surface area contributed by atoms with Crippen LogP contribution in [0.25, 0.3) is 21.9 Å². The number of carbonyl (C=O) groups is 1. The molecule has 9 nitrogen and oxygen atoms in total. The maximum atomic E-state index is 15.5. The number of aromatic carboxylic acids is 1. The van der Waals surface area contributed by atoms with E-state index in [4.69, 9.17) is 10.5 Å². The van der Waals surface area contributed by atoms with E-state index < -0.39 is 28.3 Å². The smallest absolute Gasteiger partial charge is 0.341 e. The predicted octanol–water partition coefficient (Wildman–Crippen LogP) is 3.93. The third kappa shape index (κ3) is 3.24. The van der Waals surface area contributed by atoms with Crippen molar-refractivity contribution in [2.24, 2.45) is 0 Å². The van der Waals surface area contributed by atoms with Crippen molar-refractivity contribution >= 4 is 39.3 Å². The Morgan fingerprint density at radius 1 is 1.28 bits per heavy atom. The summed E-state index contributed by atoms with van der Waals surface area (Å²) in [5, 5.41) is 12.7. The van der Waals surface area contributed by atoms with E-state index in [1.807, 2.05) is 33.4 Å². The number of aromatic nitrogens is 3. The lowest BCUT2D eigenvalue weighted by molar-refractivity contribution is 0.0692. The molecule has 6 rings (SSSR count). The molecule has 4 N–H and O–H groups in total. The molecule has 2 aliphatic rings. The second-order valence-electron chi connectivity index (χ2n) is 9.63. The lowest BCUT2D eigenvalue weighted by Gasteiger charge is -2.39. The summed E-state index contributed by atoms with van der Waals surface area (Å²) in [5.41, 5.74) is 6.48. The number of carboxylic acid groups (broad SMARTS) is 1.